The van der Waals surface area contributed by atoms with Gasteiger partial charge in [-0.05, 0) is 36.4 Å². The van der Waals surface area contributed by atoms with Crippen molar-refractivity contribution in [1.29, 1.82) is 0 Å². The molecule has 0 radical (unpaired) electrons. The van der Waals surface area contributed by atoms with Gasteiger partial charge in [0.15, 0.2) is 0 Å². The number of nitrogens with zero attached hydrogens (tertiary/aromatic N) is 2. The summed E-state index contributed by atoms with van der Waals surface area (Å²) in [5.74, 6) is 0.677. The second-order valence-electron chi connectivity index (χ2n) is 5.69. The molecule has 1 aromatic heterocycles. The minimum absolute atomic E-state index is 0.0963. The molecular formula is C19H18N4O4S2. The molecule has 150 valence electrons. The van der Waals surface area contributed by atoms with Gasteiger partial charge in [-0.25, -0.2) is 0 Å². The zero-order chi connectivity index (χ0) is 20.6. The van der Waals surface area contributed by atoms with Crippen molar-refractivity contribution in [3.8, 4) is 17.2 Å². The third-order valence-corrected chi connectivity index (χ3v) is 5.52. The number of hydrogen-bond donors (Lipinski definition) is 2. The number of thioether (sulfide) groups is 2. The topological polar surface area (TPSA) is 120 Å². The Balaban J connectivity index is 1.56. The quantitative estimate of drug-likeness (QED) is 0.497. The van der Waals surface area contributed by atoms with E-state index >= 15 is 0 Å². The number of nitrogens with two attached hydrogens (primary N) is 1. The summed E-state index contributed by atoms with van der Waals surface area (Å²) in [4.78, 5) is 24.0. The number of carbonyl (C=O) groups excluding carboxylic acids is 2. The highest BCUT2D eigenvalue weighted by Gasteiger charge is 2.13. The summed E-state index contributed by atoms with van der Waals surface area (Å²) >= 11 is 2.41. The average molecular weight is 431 g/mol. The first-order chi connectivity index (χ1) is 14.0. The SMILES string of the molecule is COc1ccc(-c2nnc(SCC(=O)Nc3ccccc3SCC(N)=O)o2)cc1. The van der Waals surface area contributed by atoms with E-state index in [1.165, 1.54) is 11.8 Å². The second-order valence-corrected chi connectivity index (χ2v) is 7.63. The van der Waals surface area contributed by atoms with Crippen LogP contribution in [0.15, 0.2) is 63.1 Å². The zero-order valence-electron chi connectivity index (χ0n) is 15.5. The number of amides is 2. The van der Waals surface area contributed by atoms with Crippen molar-refractivity contribution in [3.63, 3.8) is 0 Å². The van der Waals surface area contributed by atoms with E-state index in [1.807, 2.05) is 24.3 Å². The molecule has 3 aromatic rings. The number of anilines is 1. The maximum absolute atomic E-state index is 12.3. The number of carbonyl (C=O) groups is 2. The minimum Gasteiger partial charge on any atom is -0.497 e. The van der Waals surface area contributed by atoms with Crippen molar-refractivity contribution in [1.82, 2.24) is 10.2 Å². The highest BCUT2D eigenvalue weighted by Crippen LogP contribution is 2.28. The first-order valence-corrected chi connectivity index (χ1v) is 10.4. The fourth-order valence-electron chi connectivity index (χ4n) is 2.28. The number of methoxy groups -OCH3 is 1. The Labute approximate surface area is 175 Å². The summed E-state index contributed by atoms with van der Waals surface area (Å²) in [5, 5.41) is 11.1. The monoisotopic (exact) mass is 430 g/mol. The number of nitrogens with one attached hydrogen (secondary N) is 1. The molecule has 1 heterocycles. The summed E-state index contributed by atoms with van der Waals surface area (Å²) in [5.41, 5.74) is 6.56. The largest absolute Gasteiger partial charge is 0.497 e. The molecule has 0 aliphatic rings. The van der Waals surface area contributed by atoms with Crippen LogP contribution in [0.25, 0.3) is 11.5 Å². The van der Waals surface area contributed by atoms with Gasteiger partial charge in [-0.3, -0.25) is 9.59 Å². The third-order valence-electron chi connectivity index (χ3n) is 3.60. The van der Waals surface area contributed by atoms with E-state index in [2.05, 4.69) is 15.5 Å². The molecule has 0 aliphatic heterocycles. The lowest BCUT2D eigenvalue weighted by atomic mass is 10.2. The predicted molar refractivity (Wildman–Crippen MR) is 112 cm³/mol. The number of ether oxygens (including phenoxy) is 1. The Bertz CT molecular complexity index is 992. The third kappa shape index (κ3) is 6.00. The fourth-order valence-corrected chi connectivity index (χ4v) is 3.59. The number of aromatic nitrogens is 2. The molecule has 3 N–H and O–H groups in total. The van der Waals surface area contributed by atoms with Crippen LogP contribution < -0.4 is 15.8 Å². The molecule has 10 heteroatoms. The van der Waals surface area contributed by atoms with Crippen molar-refractivity contribution >= 4 is 41.0 Å². The van der Waals surface area contributed by atoms with Crippen molar-refractivity contribution in [2.45, 2.75) is 10.1 Å². The average Bonchev–Trinajstić information content (AvgIpc) is 3.21. The van der Waals surface area contributed by atoms with Crippen LogP contribution in [0.4, 0.5) is 5.69 Å². The molecule has 0 saturated carbocycles. The number of primary amides is 1. The van der Waals surface area contributed by atoms with Crippen molar-refractivity contribution in [2.75, 3.05) is 23.9 Å². The van der Waals surface area contributed by atoms with Gasteiger partial charge in [0.2, 0.25) is 17.7 Å². The highest BCUT2D eigenvalue weighted by atomic mass is 32.2. The van der Waals surface area contributed by atoms with Crippen LogP contribution in [0.2, 0.25) is 0 Å². The summed E-state index contributed by atoms with van der Waals surface area (Å²) in [6.07, 6.45) is 0. The minimum atomic E-state index is -0.421. The Morgan fingerprint density at radius 3 is 2.55 bits per heavy atom. The molecule has 3 rings (SSSR count). The van der Waals surface area contributed by atoms with Gasteiger partial charge in [-0.15, -0.1) is 22.0 Å². The standard InChI is InChI=1S/C19H18N4O4S2/c1-26-13-8-6-12(7-9-13)18-22-23-19(27-18)29-11-17(25)21-14-4-2-3-5-15(14)28-10-16(20)24/h2-9H,10-11H2,1H3,(H2,20,24)(H,21,25). The molecule has 0 spiro atoms. The number of para-hydroxylation sites is 1. The Kier molecular flexibility index (Phi) is 7.14. The van der Waals surface area contributed by atoms with Gasteiger partial charge in [0.05, 0.1) is 24.3 Å². The lowest BCUT2D eigenvalue weighted by Crippen LogP contribution is -2.16. The fraction of sp³-hybridized carbons (Fsp3) is 0.158. The zero-order valence-corrected chi connectivity index (χ0v) is 17.1. The van der Waals surface area contributed by atoms with Crippen LogP contribution in [-0.4, -0.2) is 40.6 Å². The van der Waals surface area contributed by atoms with Crippen LogP contribution in [0.1, 0.15) is 0 Å². The van der Waals surface area contributed by atoms with E-state index in [0.717, 1.165) is 28.0 Å². The van der Waals surface area contributed by atoms with E-state index in [-0.39, 0.29) is 17.4 Å². The first kappa shape index (κ1) is 20.7. The van der Waals surface area contributed by atoms with Crippen LogP contribution >= 0.6 is 23.5 Å². The van der Waals surface area contributed by atoms with E-state index in [1.54, 1.807) is 31.4 Å². The predicted octanol–water partition coefficient (Wildman–Crippen LogP) is 3.05. The van der Waals surface area contributed by atoms with Gasteiger partial charge in [-0.1, -0.05) is 23.9 Å². The molecule has 2 amide bonds. The second kappa shape index (κ2) is 9.99. The van der Waals surface area contributed by atoms with Crippen LogP contribution in [0, 0.1) is 0 Å². The van der Waals surface area contributed by atoms with Crippen LogP contribution in [0.3, 0.4) is 0 Å². The van der Waals surface area contributed by atoms with Gasteiger partial charge in [0, 0.05) is 10.5 Å². The normalized spacial score (nSPS) is 10.5. The molecule has 0 fully saturated rings. The Morgan fingerprint density at radius 2 is 1.83 bits per heavy atom. The van der Waals surface area contributed by atoms with E-state index < -0.39 is 5.91 Å². The summed E-state index contributed by atoms with van der Waals surface area (Å²) in [6, 6.07) is 14.4. The van der Waals surface area contributed by atoms with Crippen LogP contribution in [0.5, 0.6) is 5.75 Å². The molecule has 8 nitrogen and oxygen atoms in total. The molecule has 0 saturated heterocycles. The molecule has 2 aromatic carbocycles. The van der Waals surface area contributed by atoms with Crippen LogP contribution in [-0.2, 0) is 9.59 Å². The van der Waals surface area contributed by atoms with Gasteiger partial charge >= 0.3 is 0 Å². The first-order valence-electron chi connectivity index (χ1n) is 8.46. The summed E-state index contributed by atoms with van der Waals surface area (Å²) in [6.45, 7) is 0. The molecule has 29 heavy (non-hydrogen) atoms. The molecule has 0 unspecified atom stereocenters. The summed E-state index contributed by atoms with van der Waals surface area (Å²) < 4.78 is 10.7. The molecule has 0 aliphatic carbocycles. The van der Waals surface area contributed by atoms with Crippen molar-refractivity contribution in [3.05, 3.63) is 48.5 Å². The van der Waals surface area contributed by atoms with Crippen molar-refractivity contribution in [2.24, 2.45) is 5.73 Å². The highest BCUT2D eigenvalue weighted by molar-refractivity contribution is 8.00. The molecular weight excluding hydrogens is 412 g/mol. The lowest BCUT2D eigenvalue weighted by molar-refractivity contribution is -0.115. The van der Waals surface area contributed by atoms with Gasteiger partial charge in [0.25, 0.3) is 5.22 Å². The number of hydrogen-bond acceptors (Lipinski definition) is 8. The Hall–Kier alpha value is -2.98. The van der Waals surface area contributed by atoms with Crippen molar-refractivity contribution < 1.29 is 18.7 Å². The lowest BCUT2D eigenvalue weighted by Gasteiger charge is -2.09. The smallest absolute Gasteiger partial charge is 0.277 e. The van der Waals surface area contributed by atoms with E-state index in [9.17, 15) is 9.59 Å². The van der Waals surface area contributed by atoms with E-state index in [4.69, 9.17) is 14.9 Å². The van der Waals surface area contributed by atoms with Gasteiger partial charge in [-0.2, -0.15) is 0 Å². The number of rotatable bonds is 9. The summed E-state index contributed by atoms with van der Waals surface area (Å²) in [7, 11) is 1.59. The maximum atomic E-state index is 12.3. The Morgan fingerprint density at radius 1 is 1.07 bits per heavy atom. The molecule has 0 atom stereocenters. The van der Waals surface area contributed by atoms with Gasteiger partial charge < -0.3 is 20.2 Å². The molecule has 0 bridgehead atoms. The van der Waals surface area contributed by atoms with Gasteiger partial charge in [0.1, 0.15) is 5.75 Å². The maximum Gasteiger partial charge on any atom is 0.277 e. The van der Waals surface area contributed by atoms with E-state index in [0.29, 0.717) is 16.8 Å². The number of benzene rings is 2.